The van der Waals surface area contributed by atoms with Gasteiger partial charge in [0.1, 0.15) is 0 Å². The number of benzene rings is 3. The number of amides is 1. The number of Topliss-reactive ketones (excluding diaryl/α,β-unsaturated/α-hetero) is 1. The molecule has 0 saturated carbocycles. The highest BCUT2D eigenvalue weighted by atomic mass is 35.5. The first-order valence-electron chi connectivity index (χ1n) is 10.4. The van der Waals surface area contributed by atoms with Gasteiger partial charge in [-0.2, -0.15) is 0 Å². The number of carbonyl (C=O) groups is 3. The summed E-state index contributed by atoms with van der Waals surface area (Å²) in [7, 11) is 0. The molecular weight excluding hydrogens is 442 g/mol. The van der Waals surface area contributed by atoms with E-state index in [4.69, 9.17) is 16.7 Å². The molecule has 0 unspecified atom stereocenters. The number of rotatable bonds is 10. The van der Waals surface area contributed by atoms with E-state index in [1.165, 1.54) is 0 Å². The molecule has 0 fully saturated rings. The number of carbonyl (C=O) groups excluding carboxylic acids is 2. The molecule has 7 heteroatoms. The van der Waals surface area contributed by atoms with Gasteiger partial charge >= 0.3 is 5.97 Å². The number of carboxylic acid groups (broad SMARTS) is 1. The van der Waals surface area contributed by atoms with Crippen LogP contribution in [0.15, 0.2) is 78.9 Å². The Hall–Kier alpha value is -3.48. The Balaban J connectivity index is 1.70. The molecule has 0 radical (unpaired) electrons. The predicted molar refractivity (Wildman–Crippen MR) is 126 cm³/mol. The molecule has 6 nitrogen and oxygen atoms in total. The summed E-state index contributed by atoms with van der Waals surface area (Å²) in [5.41, 5.74) is 3.42. The van der Waals surface area contributed by atoms with Crippen LogP contribution in [0.25, 0.3) is 11.1 Å². The van der Waals surface area contributed by atoms with Gasteiger partial charge in [0.05, 0.1) is 0 Å². The van der Waals surface area contributed by atoms with Gasteiger partial charge in [-0.1, -0.05) is 78.3 Å². The fourth-order valence-corrected chi connectivity index (χ4v) is 3.67. The molecule has 0 aliphatic carbocycles. The van der Waals surface area contributed by atoms with Crippen LogP contribution in [-0.2, 0) is 27.2 Å². The molecular formula is C26H24ClNO5. The van der Waals surface area contributed by atoms with E-state index in [9.17, 15) is 19.5 Å². The summed E-state index contributed by atoms with van der Waals surface area (Å²) in [6.45, 7) is 0. The average molecular weight is 466 g/mol. The van der Waals surface area contributed by atoms with Crippen molar-refractivity contribution >= 4 is 29.3 Å². The number of ketones is 1. The topological polar surface area (TPSA) is 104 Å². The maximum atomic E-state index is 12.5. The highest BCUT2D eigenvalue weighted by Gasteiger charge is 2.24. The zero-order chi connectivity index (χ0) is 23.8. The number of hydrogen-bond acceptors (Lipinski definition) is 4. The lowest BCUT2D eigenvalue weighted by Gasteiger charge is -2.20. The van der Waals surface area contributed by atoms with Gasteiger partial charge in [0.2, 0.25) is 5.78 Å². The van der Waals surface area contributed by atoms with Crippen molar-refractivity contribution in [2.75, 3.05) is 0 Å². The van der Waals surface area contributed by atoms with Crippen LogP contribution in [0.4, 0.5) is 0 Å². The van der Waals surface area contributed by atoms with E-state index in [2.05, 4.69) is 5.32 Å². The van der Waals surface area contributed by atoms with Gasteiger partial charge in [0, 0.05) is 23.9 Å². The predicted octanol–water partition coefficient (Wildman–Crippen LogP) is 3.68. The standard InChI is InChI=1S/C26H24ClNO5/c27-21-8-4-7-20(15-21)19-11-9-18(10-12-19)13-22(16-24(30)26(32)33)28-25(31)23(29)14-17-5-2-1-3-6-17/h1-12,15,22,24,30H,13-14,16H2,(H,28,31)(H,32,33)/t22-,24-/m1/s1. The van der Waals surface area contributed by atoms with Crippen molar-refractivity contribution in [3.8, 4) is 11.1 Å². The van der Waals surface area contributed by atoms with E-state index in [-0.39, 0.29) is 19.3 Å². The van der Waals surface area contributed by atoms with E-state index in [0.717, 1.165) is 16.7 Å². The van der Waals surface area contributed by atoms with E-state index in [1.807, 2.05) is 48.5 Å². The van der Waals surface area contributed by atoms with Gasteiger partial charge < -0.3 is 15.5 Å². The fraction of sp³-hybridized carbons (Fsp3) is 0.192. The van der Waals surface area contributed by atoms with Gasteiger partial charge in [0.15, 0.2) is 6.10 Å². The summed E-state index contributed by atoms with van der Waals surface area (Å²) in [5.74, 6) is -2.83. The summed E-state index contributed by atoms with van der Waals surface area (Å²) >= 11 is 6.05. The van der Waals surface area contributed by atoms with Gasteiger partial charge in [0.25, 0.3) is 5.91 Å². The van der Waals surface area contributed by atoms with Crippen LogP contribution in [-0.4, -0.2) is 40.0 Å². The van der Waals surface area contributed by atoms with Crippen LogP contribution in [0.3, 0.4) is 0 Å². The zero-order valence-electron chi connectivity index (χ0n) is 17.8. The molecule has 0 heterocycles. The summed E-state index contributed by atoms with van der Waals surface area (Å²) in [6.07, 6.45) is -1.69. The molecule has 170 valence electrons. The van der Waals surface area contributed by atoms with E-state index >= 15 is 0 Å². The largest absolute Gasteiger partial charge is 0.479 e. The van der Waals surface area contributed by atoms with Gasteiger partial charge in [-0.3, -0.25) is 9.59 Å². The molecule has 3 aromatic carbocycles. The number of hydrogen-bond donors (Lipinski definition) is 3. The van der Waals surface area contributed by atoms with Crippen molar-refractivity contribution in [3.05, 3.63) is 95.0 Å². The summed E-state index contributed by atoms with van der Waals surface area (Å²) < 4.78 is 0. The molecule has 0 aromatic heterocycles. The lowest BCUT2D eigenvalue weighted by Crippen LogP contribution is -2.43. The maximum Gasteiger partial charge on any atom is 0.332 e. The monoisotopic (exact) mass is 465 g/mol. The third-order valence-corrected chi connectivity index (χ3v) is 5.42. The highest BCUT2D eigenvalue weighted by molar-refractivity contribution is 6.36. The summed E-state index contributed by atoms with van der Waals surface area (Å²) in [4.78, 5) is 36.0. The van der Waals surface area contributed by atoms with Crippen molar-refractivity contribution < 1.29 is 24.6 Å². The first-order valence-corrected chi connectivity index (χ1v) is 10.8. The SMILES string of the molecule is O=C(Cc1ccccc1)C(=O)N[C@H](Cc1ccc(-c2cccc(Cl)c2)cc1)C[C@@H](O)C(=O)O. The number of nitrogens with one attached hydrogen (secondary N) is 1. The molecule has 3 N–H and O–H groups in total. The second kappa shape index (κ2) is 11.4. The molecule has 2 atom stereocenters. The van der Waals surface area contributed by atoms with E-state index in [0.29, 0.717) is 10.6 Å². The van der Waals surface area contributed by atoms with Crippen LogP contribution >= 0.6 is 11.6 Å². The second-order valence-corrected chi connectivity index (χ2v) is 8.19. The van der Waals surface area contributed by atoms with Crippen LogP contribution in [0, 0.1) is 0 Å². The Labute approximate surface area is 196 Å². The molecule has 0 spiro atoms. The number of halogens is 1. The molecule has 3 aromatic rings. The average Bonchev–Trinajstić information content (AvgIpc) is 2.80. The normalized spacial score (nSPS) is 12.5. The van der Waals surface area contributed by atoms with E-state index < -0.39 is 29.8 Å². The van der Waals surface area contributed by atoms with Crippen molar-refractivity contribution in [3.63, 3.8) is 0 Å². The Morgan fingerprint density at radius 2 is 1.55 bits per heavy atom. The Bertz CT molecular complexity index is 1120. The second-order valence-electron chi connectivity index (χ2n) is 7.76. The van der Waals surface area contributed by atoms with E-state index in [1.54, 1.807) is 30.3 Å². The molecule has 33 heavy (non-hydrogen) atoms. The first-order chi connectivity index (χ1) is 15.8. The molecule has 1 amide bonds. The molecule has 0 aliphatic heterocycles. The molecule has 0 saturated heterocycles. The molecule has 0 aliphatic rings. The van der Waals surface area contributed by atoms with Crippen molar-refractivity contribution in [1.82, 2.24) is 5.32 Å². The maximum absolute atomic E-state index is 12.5. The molecule has 3 rings (SSSR count). The number of aliphatic carboxylic acids is 1. The van der Waals surface area contributed by atoms with Gasteiger partial charge in [-0.25, -0.2) is 4.79 Å². The lowest BCUT2D eigenvalue weighted by atomic mass is 9.97. The van der Waals surface area contributed by atoms with Crippen LogP contribution < -0.4 is 5.32 Å². The number of aliphatic hydroxyl groups excluding tert-OH is 1. The van der Waals surface area contributed by atoms with Crippen molar-refractivity contribution in [1.29, 1.82) is 0 Å². The van der Waals surface area contributed by atoms with Crippen molar-refractivity contribution in [2.45, 2.75) is 31.4 Å². The van der Waals surface area contributed by atoms with Crippen LogP contribution in [0.2, 0.25) is 5.02 Å². The number of aliphatic hydroxyl groups is 1. The minimum Gasteiger partial charge on any atom is -0.479 e. The van der Waals surface area contributed by atoms with Crippen molar-refractivity contribution in [2.24, 2.45) is 0 Å². The zero-order valence-corrected chi connectivity index (χ0v) is 18.5. The van der Waals surface area contributed by atoms with Crippen LogP contribution in [0.5, 0.6) is 0 Å². The third kappa shape index (κ3) is 7.27. The Morgan fingerprint density at radius 1 is 0.848 bits per heavy atom. The Morgan fingerprint density at radius 3 is 2.18 bits per heavy atom. The quantitative estimate of drug-likeness (QED) is 0.396. The summed E-state index contributed by atoms with van der Waals surface area (Å²) in [5, 5.41) is 22.1. The minimum absolute atomic E-state index is 0.0603. The minimum atomic E-state index is -1.66. The Kier molecular flexibility index (Phi) is 8.35. The number of carboxylic acids is 1. The smallest absolute Gasteiger partial charge is 0.332 e. The lowest BCUT2D eigenvalue weighted by molar-refractivity contribution is -0.147. The van der Waals surface area contributed by atoms with Gasteiger partial charge in [-0.15, -0.1) is 0 Å². The molecule has 0 bridgehead atoms. The summed E-state index contributed by atoms with van der Waals surface area (Å²) in [6, 6.07) is 23.1. The third-order valence-electron chi connectivity index (χ3n) is 5.18. The fourth-order valence-electron chi connectivity index (χ4n) is 3.48. The highest BCUT2D eigenvalue weighted by Crippen LogP contribution is 2.23. The first kappa shape index (κ1) is 24.2. The van der Waals surface area contributed by atoms with Crippen LogP contribution in [0.1, 0.15) is 17.5 Å². The van der Waals surface area contributed by atoms with Gasteiger partial charge in [-0.05, 0) is 40.8 Å².